The van der Waals surface area contributed by atoms with Crippen molar-refractivity contribution in [1.29, 1.82) is 0 Å². The predicted molar refractivity (Wildman–Crippen MR) is 31.1 cm³/mol. The van der Waals surface area contributed by atoms with Gasteiger partial charge in [-0.3, -0.25) is 4.79 Å². The molecule has 0 radical (unpaired) electrons. The number of rotatable bonds is 2. The van der Waals surface area contributed by atoms with Gasteiger partial charge < -0.3 is 5.32 Å². The quantitative estimate of drug-likeness (QED) is 0.514. The molecule has 44 valence electrons. The molecule has 0 unspecified atom stereocenters. The summed E-state index contributed by atoms with van der Waals surface area (Å²) in [5.41, 5.74) is 0. The Labute approximate surface area is 44.9 Å². The van der Waals surface area contributed by atoms with Gasteiger partial charge in [0.25, 0.3) is 0 Å². The van der Waals surface area contributed by atoms with Gasteiger partial charge in [0, 0.05) is 6.54 Å². The van der Waals surface area contributed by atoms with Crippen LogP contribution in [0.4, 0.5) is 0 Å². The van der Waals surface area contributed by atoms with Crippen molar-refractivity contribution in [2.45, 2.75) is 20.8 Å². The van der Waals surface area contributed by atoms with Gasteiger partial charge in [-0.1, -0.05) is 13.8 Å². The lowest BCUT2D eigenvalue weighted by atomic mass is 10.8. The van der Waals surface area contributed by atoms with Crippen molar-refractivity contribution in [3.63, 3.8) is 0 Å². The van der Waals surface area contributed by atoms with Gasteiger partial charge >= 0.3 is 0 Å². The first-order chi connectivity index (χ1) is 3.41. The summed E-state index contributed by atoms with van der Waals surface area (Å²) in [5.74, 6) is 0. The van der Waals surface area contributed by atoms with Crippen LogP contribution in [0.2, 0.25) is 0 Å². The van der Waals surface area contributed by atoms with E-state index in [0.29, 0.717) is 6.41 Å². The molecule has 1 N–H and O–H groups in total. The molecule has 0 spiro atoms. The van der Waals surface area contributed by atoms with Crippen molar-refractivity contribution in [1.82, 2.24) is 5.32 Å². The average Bonchev–Trinajstić information content (AvgIpc) is 1.75. The van der Waals surface area contributed by atoms with E-state index in [1.54, 1.807) is 0 Å². The number of carbonyl (C=O) groups excluding carboxylic acids is 1. The minimum Gasteiger partial charge on any atom is -0.359 e. The number of hydrogen-bond acceptors (Lipinski definition) is 1. The molecule has 0 bridgehead atoms. The van der Waals surface area contributed by atoms with Gasteiger partial charge in [0.05, 0.1) is 0 Å². The van der Waals surface area contributed by atoms with E-state index >= 15 is 0 Å². The number of carbonyl (C=O) groups is 1. The Hall–Kier alpha value is -0.530. The topological polar surface area (TPSA) is 29.1 Å². The Morgan fingerprint density at radius 3 is 2.00 bits per heavy atom. The van der Waals surface area contributed by atoms with Gasteiger partial charge in [-0.2, -0.15) is 0 Å². The smallest absolute Gasteiger partial charge is 0.207 e. The minimum absolute atomic E-state index is 0.681. The van der Waals surface area contributed by atoms with E-state index in [1.807, 2.05) is 20.8 Å². The van der Waals surface area contributed by atoms with Crippen molar-refractivity contribution in [2.24, 2.45) is 0 Å². The van der Waals surface area contributed by atoms with Crippen LogP contribution >= 0.6 is 0 Å². The van der Waals surface area contributed by atoms with E-state index in [2.05, 4.69) is 5.32 Å². The van der Waals surface area contributed by atoms with Gasteiger partial charge in [0.15, 0.2) is 0 Å². The second-order valence-electron chi connectivity index (χ2n) is 0.676. The molecular weight excluding hydrogens is 90.1 g/mol. The van der Waals surface area contributed by atoms with Crippen molar-refractivity contribution in [2.75, 3.05) is 6.54 Å². The molecule has 0 aromatic heterocycles. The van der Waals surface area contributed by atoms with Crippen LogP contribution in [-0.2, 0) is 4.79 Å². The molecule has 0 atom stereocenters. The molecule has 0 fully saturated rings. The third-order valence-electron chi connectivity index (χ3n) is 0.287. The Bertz CT molecular complexity index is 29.3. The largest absolute Gasteiger partial charge is 0.359 e. The second kappa shape index (κ2) is 17.9. The van der Waals surface area contributed by atoms with Crippen LogP contribution in [0.3, 0.4) is 0 Å². The van der Waals surface area contributed by atoms with Crippen LogP contribution in [0, 0.1) is 0 Å². The van der Waals surface area contributed by atoms with Gasteiger partial charge in [-0.25, -0.2) is 0 Å². The highest BCUT2D eigenvalue weighted by Crippen LogP contribution is 1.37. The lowest BCUT2D eigenvalue weighted by Gasteiger charge is -1.78. The Morgan fingerprint density at radius 2 is 2.00 bits per heavy atom. The first-order valence-corrected chi connectivity index (χ1v) is 2.59. The van der Waals surface area contributed by atoms with Crippen LogP contribution in [0.1, 0.15) is 20.8 Å². The maximum absolute atomic E-state index is 9.29. The van der Waals surface area contributed by atoms with Crippen LogP contribution in [0.15, 0.2) is 0 Å². The highest BCUT2D eigenvalue weighted by atomic mass is 16.1. The standard InChI is InChI=1S/C3H7NO.C2H6/c1-2-4-3-5;1-2/h3H,2H2,1H3,(H,4,5);1-2H3. The Balaban J connectivity index is 0. The third-order valence-corrected chi connectivity index (χ3v) is 0.287. The van der Waals surface area contributed by atoms with Crippen molar-refractivity contribution in [3.8, 4) is 0 Å². The first kappa shape index (κ1) is 9.69. The van der Waals surface area contributed by atoms with E-state index in [9.17, 15) is 4.79 Å². The van der Waals surface area contributed by atoms with Gasteiger partial charge in [0.2, 0.25) is 6.41 Å². The fourth-order valence-electron chi connectivity index (χ4n) is 0.0833. The maximum Gasteiger partial charge on any atom is 0.207 e. The summed E-state index contributed by atoms with van der Waals surface area (Å²) in [7, 11) is 0. The Morgan fingerprint density at radius 1 is 1.57 bits per heavy atom. The van der Waals surface area contributed by atoms with E-state index in [-0.39, 0.29) is 0 Å². The molecule has 0 aliphatic rings. The first-order valence-electron chi connectivity index (χ1n) is 2.59. The second-order valence-corrected chi connectivity index (χ2v) is 0.676. The van der Waals surface area contributed by atoms with Crippen molar-refractivity contribution >= 4 is 6.41 Å². The highest BCUT2D eigenvalue weighted by Gasteiger charge is 1.59. The fourth-order valence-corrected chi connectivity index (χ4v) is 0.0833. The molecular formula is C5H13NO. The third kappa shape index (κ3) is 30.5. The van der Waals surface area contributed by atoms with E-state index in [0.717, 1.165) is 6.54 Å². The Kier molecular flexibility index (Phi) is 24.8. The summed E-state index contributed by atoms with van der Waals surface area (Å²) in [5, 5.41) is 2.43. The molecule has 0 aromatic carbocycles. The molecule has 2 nitrogen and oxygen atoms in total. The number of amides is 1. The zero-order chi connectivity index (χ0) is 6.12. The van der Waals surface area contributed by atoms with Crippen LogP contribution in [0.25, 0.3) is 0 Å². The number of nitrogens with one attached hydrogen (secondary N) is 1. The maximum atomic E-state index is 9.29. The normalized spacial score (nSPS) is 5.57. The van der Waals surface area contributed by atoms with Gasteiger partial charge in [0.1, 0.15) is 0 Å². The summed E-state index contributed by atoms with van der Waals surface area (Å²) in [6.45, 7) is 6.60. The summed E-state index contributed by atoms with van der Waals surface area (Å²) in [6.07, 6.45) is 0.681. The SMILES string of the molecule is CC.CCNC=O. The molecule has 1 amide bonds. The van der Waals surface area contributed by atoms with Crippen LogP contribution in [0.5, 0.6) is 0 Å². The van der Waals surface area contributed by atoms with Gasteiger partial charge in [-0.15, -0.1) is 0 Å². The molecule has 0 heterocycles. The molecule has 2 heteroatoms. The molecule has 0 saturated carbocycles. The zero-order valence-corrected chi connectivity index (χ0v) is 5.19. The summed E-state index contributed by atoms with van der Waals surface area (Å²) >= 11 is 0. The molecule has 0 aliphatic carbocycles. The lowest BCUT2D eigenvalue weighted by Crippen LogP contribution is -2.07. The van der Waals surface area contributed by atoms with E-state index < -0.39 is 0 Å². The van der Waals surface area contributed by atoms with Crippen LogP contribution in [-0.4, -0.2) is 13.0 Å². The van der Waals surface area contributed by atoms with E-state index in [1.165, 1.54) is 0 Å². The lowest BCUT2D eigenvalue weighted by molar-refractivity contribution is -0.109. The molecule has 0 saturated heterocycles. The highest BCUT2D eigenvalue weighted by molar-refractivity contribution is 5.45. The van der Waals surface area contributed by atoms with Crippen LogP contribution < -0.4 is 5.32 Å². The molecule has 0 aromatic rings. The molecule has 7 heavy (non-hydrogen) atoms. The summed E-state index contributed by atoms with van der Waals surface area (Å²) < 4.78 is 0. The molecule has 0 aliphatic heterocycles. The van der Waals surface area contributed by atoms with E-state index in [4.69, 9.17) is 0 Å². The van der Waals surface area contributed by atoms with Crippen molar-refractivity contribution < 1.29 is 4.79 Å². The monoisotopic (exact) mass is 103 g/mol. The van der Waals surface area contributed by atoms with Gasteiger partial charge in [-0.05, 0) is 6.92 Å². The summed E-state index contributed by atoms with van der Waals surface area (Å²) in [6, 6.07) is 0. The predicted octanol–water partition coefficient (Wildman–Crippen LogP) is 0.778. The fraction of sp³-hybridized carbons (Fsp3) is 0.800. The number of hydrogen-bond donors (Lipinski definition) is 1. The van der Waals surface area contributed by atoms with Crippen molar-refractivity contribution in [3.05, 3.63) is 0 Å². The zero-order valence-electron chi connectivity index (χ0n) is 5.19. The summed E-state index contributed by atoms with van der Waals surface area (Å²) in [4.78, 5) is 9.29. The molecule has 0 rings (SSSR count). The minimum atomic E-state index is 0.681. The average molecular weight is 103 g/mol.